The monoisotopic (exact) mass is 390 g/mol. The van der Waals surface area contributed by atoms with Gasteiger partial charge in [-0.05, 0) is 37.3 Å². The van der Waals surface area contributed by atoms with Crippen molar-refractivity contribution in [1.29, 1.82) is 0 Å². The van der Waals surface area contributed by atoms with Gasteiger partial charge in [-0.1, -0.05) is 66.7 Å². The third kappa shape index (κ3) is 3.02. The first kappa shape index (κ1) is 17.5. The van der Waals surface area contributed by atoms with Crippen molar-refractivity contribution in [2.75, 3.05) is 0 Å². The minimum Gasteiger partial charge on any atom is -0.298 e. The average Bonchev–Trinajstić information content (AvgIpc) is 2.74. The van der Waals surface area contributed by atoms with Crippen LogP contribution in [-0.2, 0) is 10.5 Å². The van der Waals surface area contributed by atoms with Crippen molar-refractivity contribution in [3.8, 4) is 0 Å². The highest BCUT2D eigenvalue weighted by Gasteiger charge is 2.45. The van der Waals surface area contributed by atoms with Gasteiger partial charge in [0.2, 0.25) is 0 Å². The van der Waals surface area contributed by atoms with Crippen LogP contribution in [-0.4, -0.2) is 21.7 Å². The largest absolute Gasteiger partial charge is 0.298 e. The maximum Gasteiger partial charge on any atom is 0.276 e. The van der Waals surface area contributed by atoms with Gasteiger partial charge < -0.3 is 0 Å². The van der Waals surface area contributed by atoms with E-state index in [0.717, 1.165) is 42.0 Å². The molecule has 1 fully saturated rings. The van der Waals surface area contributed by atoms with Gasteiger partial charge in [0, 0.05) is 11.0 Å². The standard InChI is InChI=1S/C22H22N4OS/c27-20-19-17-11-5-6-12-18(17)24-22(13-7-2-8-14-22)26(19)25-21(23-20)28-15-16-9-3-1-4-10-16/h1,3-6,9-12H,2,7-8,13-15H2,(H,23,25,27). The van der Waals surface area contributed by atoms with E-state index in [1.54, 1.807) is 11.8 Å². The Bertz CT molecular complexity index is 1060. The molecule has 0 saturated heterocycles. The van der Waals surface area contributed by atoms with E-state index in [2.05, 4.69) is 17.4 Å². The Kier molecular flexibility index (Phi) is 4.43. The number of carbonyl (C=O) groups excluding carboxylic acids is 1. The van der Waals surface area contributed by atoms with Crippen molar-refractivity contribution in [2.45, 2.75) is 43.5 Å². The van der Waals surface area contributed by atoms with Gasteiger partial charge in [-0.25, -0.2) is 5.01 Å². The number of amidine groups is 1. The quantitative estimate of drug-likeness (QED) is 0.858. The summed E-state index contributed by atoms with van der Waals surface area (Å²) in [6.07, 6.45) is 5.29. The van der Waals surface area contributed by atoms with E-state index < -0.39 is 5.66 Å². The van der Waals surface area contributed by atoms with E-state index in [0.29, 0.717) is 10.9 Å². The molecule has 2 aromatic carbocycles. The fraction of sp³-hybridized carbons (Fsp3) is 0.318. The molecule has 2 aromatic rings. The van der Waals surface area contributed by atoms with Crippen molar-refractivity contribution in [2.24, 2.45) is 10.1 Å². The molecule has 0 aromatic heterocycles. The van der Waals surface area contributed by atoms with Crippen LogP contribution in [0.4, 0.5) is 0 Å². The van der Waals surface area contributed by atoms with Gasteiger partial charge in [-0.3, -0.25) is 15.1 Å². The Morgan fingerprint density at radius 2 is 1.75 bits per heavy atom. The maximum atomic E-state index is 13.1. The van der Waals surface area contributed by atoms with Crippen LogP contribution in [0.3, 0.4) is 0 Å². The minimum absolute atomic E-state index is 0.0853. The molecule has 142 valence electrons. The first-order chi connectivity index (χ1) is 13.8. The lowest BCUT2D eigenvalue weighted by Crippen LogP contribution is -2.59. The SMILES string of the molecule is O=C1NC(SCc2ccccc2)=NN2C1=c1ccccc1=NC21CCCCC1. The molecular weight excluding hydrogens is 368 g/mol. The number of amides is 1. The number of nitrogens with one attached hydrogen (secondary N) is 1. The molecule has 1 spiro atoms. The van der Waals surface area contributed by atoms with E-state index in [4.69, 9.17) is 10.1 Å². The Labute approximate surface area is 168 Å². The molecule has 6 heteroatoms. The topological polar surface area (TPSA) is 57.1 Å². The number of para-hydroxylation sites is 1. The highest BCUT2D eigenvalue weighted by atomic mass is 32.2. The van der Waals surface area contributed by atoms with E-state index in [9.17, 15) is 4.79 Å². The third-order valence-corrected chi connectivity index (χ3v) is 6.53. The third-order valence-electron chi connectivity index (χ3n) is 5.59. The molecule has 1 saturated carbocycles. The summed E-state index contributed by atoms with van der Waals surface area (Å²) in [6, 6.07) is 18.2. The molecular formula is C22H22N4OS. The highest BCUT2D eigenvalue weighted by molar-refractivity contribution is 8.13. The second-order valence-electron chi connectivity index (χ2n) is 7.47. The van der Waals surface area contributed by atoms with Crippen LogP contribution in [0.25, 0.3) is 5.70 Å². The van der Waals surface area contributed by atoms with Crippen LogP contribution in [0.15, 0.2) is 64.7 Å². The number of hydrazone groups is 1. The second-order valence-corrected chi connectivity index (χ2v) is 8.43. The Morgan fingerprint density at radius 3 is 2.57 bits per heavy atom. The van der Waals surface area contributed by atoms with Crippen molar-refractivity contribution < 1.29 is 4.79 Å². The molecule has 0 bridgehead atoms. The zero-order valence-electron chi connectivity index (χ0n) is 15.6. The van der Waals surface area contributed by atoms with Gasteiger partial charge in [0.15, 0.2) is 10.8 Å². The molecule has 0 unspecified atom stereocenters. The van der Waals surface area contributed by atoms with Gasteiger partial charge in [0.25, 0.3) is 5.91 Å². The van der Waals surface area contributed by atoms with Gasteiger partial charge in [-0.2, -0.15) is 0 Å². The molecule has 1 amide bonds. The normalized spacial score (nSPS) is 20.0. The smallest absolute Gasteiger partial charge is 0.276 e. The summed E-state index contributed by atoms with van der Waals surface area (Å²) < 4.78 is 0. The lowest BCUT2D eigenvalue weighted by atomic mass is 9.87. The van der Waals surface area contributed by atoms with E-state index >= 15 is 0 Å². The summed E-state index contributed by atoms with van der Waals surface area (Å²) in [6.45, 7) is 0. The molecule has 28 heavy (non-hydrogen) atoms. The average molecular weight is 391 g/mol. The lowest BCUT2D eigenvalue weighted by molar-refractivity contribution is -0.116. The van der Waals surface area contributed by atoms with Gasteiger partial charge >= 0.3 is 0 Å². The van der Waals surface area contributed by atoms with Gasteiger partial charge in [-0.15, -0.1) is 5.10 Å². The number of carbonyl (C=O) groups is 1. The minimum atomic E-state index is -0.432. The summed E-state index contributed by atoms with van der Waals surface area (Å²) in [7, 11) is 0. The molecule has 0 atom stereocenters. The van der Waals surface area contributed by atoms with Crippen molar-refractivity contribution >= 4 is 28.5 Å². The van der Waals surface area contributed by atoms with Crippen molar-refractivity contribution in [3.63, 3.8) is 0 Å². The lowest BCUT2D eigenvalue weighted by Gasteiger charge is -2.45. The van der Waals surface area contributed by atoms with Crippen LogP contribution >= 0.6 is 11.8 Å². The Hall–Kier alpha value is -2.60. The zero-order chi connectivity index (χ0) is 19.0. The van der Waals surface area contributed by atoms with Gasteiger partial charge in [0.1, 0.15) is 5.70 Å². The second kappa shape index (κ2) is 7.09. The van der Waals surface area contributed by atoms with Gasteiger partial charge in [0.05, 0.1) is 5.36 Å². The predicted molar refractivity (Wildman–Crippen MR) is 112 cm³/mol. The number of fused-ring (bicyclic) bond motifs is 3. The van der Waals surface area contributed by atoms with Crippen LogP contribution in [0.5, 0.6) is 0 Å². The summed E-state index contributed by atoms with van der Waals surface area (Å²) >= 11 is 1.56. The van der Waals surface area contributed by atoms with Crippen molar-refractivity contribution in [3.05, 3.63) is 70.7 Å². The Morgan fingerprint density at radius 1 is 1.00 bits per heavy atom. The molecule has 1 N–H and O–H groups in total. The first-order valence-electron chi connectivity index (χ1n) is 9.81. The molecule has 3 aliphatic rings. The van der Waals surface area contributed by atoms with E-state index in [1.807, 2.05) is 47.5 Å². The molecule has 1 aliphatic carbocycles. The predicted octanol–water partition coefficient (Wildman–Crippen LogP) is 2.72. The van der Waals surface area contributed by atoms with Crippen LogP contribution in [0.1, 0.15) is 37.7 Å². The molecule has 0 radical (unpaired) electrons. The van der Waals surface area contributed by atoms with Crippen LogP contribution in [0, 0.1) is 0 Å². The maximum absolute atomic E-state index is 13.1. The zero-order valence-corrected chi connectivity index (χ0v) is 16.4. The summed E-state index contributed by atoms with van der Waals surface area (Å²) in [4.78, 5) is 18.2. The fourth-order valence-electron chi connectivity index (χ4n) is 4.23. The number of hydrogen-bond acceptors (Lipinski definition) is 5. The number of nitrogens with zero attached hydrogens (tertiary/aromatic N) is 3. The Balaban J connectivity index is 1.56. The molecule has 5 nitrogen and oxygen atoms in total. The number of thioether (sulfide) groups is 1. The number of rotatable bonds is 2. The molecule has 5 rings (SSSR count). The van der Waals surface area contributed by atoms with Crippen LogP contribution in [0.2, 0.25) is 0 Å². The van der Waals surface area contributed by atoms with Crippen molar-refractivity contribution in [1.82, 2.24) is 10.3 Å². The fourth-order valence-corrected chi connectivity index (χ4v) is 5.03. The van der Waals surface area contributed by atoms with E-state index in [-0.39, 0.29) is 5.91 Å². The summed E-state index contributed by atoms with van der Waals surface area (Å²) in [5.41, 5.74) is 1.41. The molecule has 2 aliphatic heterocycles. The first-order valence-corrected chi connectivity index (χ1v) is 10.8. The van der Waals surface area contributed by atoms with E-state index in [1.165, 1.54) is 12.0 Å². The summed E-state index contributed by atoms with van der Waals surface area (Å²) in [5, 5.41) is 12.3. The molecule has 2 heterocycles. The highest BCUT2D eigenvalue weighted by Crippen LogP contribution is 2.39. The number of hydrogen-bond donors (Lipinski definition) is 1. The summed E-state index contributed by atoms with van der Waals surface area (Å²) in [5.74, 6) is 0.682. The van der Waals surface area contributed by atoms with Crippen LogP contribution < -0.4 is 15.9 Å². The number of benzene rings is 2.